The summed E-state index contributed by atoms with van der Waals surface area (Å²) in [6, 6.07) is 16.4. The molecule has 7 nitrogen and oxygen atoms in total. The van der Waals surface area contributed by atoms with Crippen molar-refractivity contribution in [2.75, 3.05) is 6.61 Å². The van der Waals surface area contributed by atoms with Crippen molar-refractivity contribution in [2.45, 2.75) is 125 Å². The number of hydrogen-bond acceptors (Lipinski definition) is 7. The molecule has 0 saturated heterocycles. The van der Waals surface area contributed by atoms with E-state index in [2.05, 4.69) is 20.8 Å². The molecule has 2 aromatic carbocycles. The van der Waals surface area contributed by atoms with Crippen LogP contribution in [0.3, 0.4) is 0 Å². The molecule has 282 valence electrons. The number of esters is 3. The van der Waals surface area contributed by atoms with E-state index >= 15 is 0 Å². The maximum atomic E-state index is 13.2. The van der Waals surface area contributed by atoms with E-state index in [4.69, 9.17) is 14.2 Å². The zero-order chi connectivity index (χ0) is 37.4. The molecule has 0 bridgehead atoms. The van der Waals surface area contributed by atoms with Crippen LogP contribution in [0.1, 0.15) is 128 Å². The van der Waals surface area contributed by atoms with Crippen molar-refractivity contribution in [3.63, 3.8) is 0 Å². The summed E-state index contributed by atoms with van der Waals surface area (Å²) in [7, 11) is 0. The lowest BCUT2D eigenvalue weighted by Crippen LogP contribution is -2.59. The van der Waals surface area contributed by atoms with E-state index in [1.807, 2.05) is 51.1 Å². The molecule has 0 aliphatic heterocycles. The topological polar surface area (TPSA) is 96.0 Å². The normalized spacial score (nSPS) is 33.1. The molecular weight excluding hydrogens is 652 g/mol. The van der Waals surface area contributed by atoms with Crippen molar-refractivity contribution in [3.8, 4) is 0 Å². The van der Waals surface area contributed by atoms with Crippen LogP contribution in [0.5, 0.6) is 0 Å². The second-order valence-electron chi connectivity index (χ2n) is 18.2. The third-order valence-electron chi connectivity index (χ3n) is 14.0. The molecule has 0 aromatic heterocycles. The summed E-state index contributed by atoms with van der Waals surface area (Å²) in [4.78, 5) is 51.0. The van der Waals surface area contributed by atoms with Gasteiger partial charge in [-0.15, -0.1) is 0 Å². The van der Waals surface area contributed by atoms with Crippen molar-refractivity contribution >= 4 is 23.7 Å². The van der Waals surface area contributed by atoms with Crippen molar-refractivity contribution in [1.82, 2.24) is 0 Å². The lowest BCUT2D eigenvalue weighted by atomic mass is 9.43. The van der Waals surface area contributed by atoms with Crippen LogP contribution in [0, 0.1) is 51.8 Å². The van der Waals surface area contributed by atoms with E-state index in [-0.39, 0.29) is 59.1 Å². The first-order chi connectivity index (χ1) is 24.6. The summed E-state index contributed by atoms with van der Waals surface area (Å²) in [5, 5.41) is 0. The van der Waals surface area contributed by atoms with Crippen LogP contribution in [0.25, 0.3) is 0 Å². The van der Waals surface area contributed by atoms with E-state index in [9.17, 15) is 19.2 Å². The molecule has 6 rings (SSSR count). The molecule has 4 saturated carbocycles. The summed E-state index contributed by atoms with van der Waals surface area (Å²) in [6.45, 7) is 15.0. The number of ketones is 1. The average molecular weight is 713 g/mol. The lowest BCUT2D eigenvalue weighted by Gasteiger charge is -2.62. The van der Waals surface area contributed by atoms with Gasteiger partial charge < -0.3 is 14.2 Å². The van der Waals surface area contributed by atoms with Gasteiger partial charge in [0.2, 0.25) is 0 Å². The Labute approximate surface area is 310 Å². The third-order valence-corrected chi connectivity index (χ3v) is 14.0. The molecule has 4 fully saturated rings. The highest BCUT2D eigenvalue weighted by molar-refractivity contribution is 6.08. The van der Waals surface area contributed by atoms with Crippen molar-refractivity contribution in [3.05, 3.63) is 71.3 Å². The van der Waals surface area contributed by atoms with Crippen LogP contribution in [0.2, 0.25) is 0 Å². The van der Waals surface area contributed by atoms with E-state index < -0.39 is 5.41 Å². The molecule has 0 spiro atoms. The number of carbonyl (C=O) groups excluding carboxylic acids is 4. The van der Waals surface area contributed by atoms with E-state index in [0.29, 0.717) is 53.7 Å². The van der Waals surface area contributed by atoms with Crippen LogP contribution in [0.15, 0.2) is 54.6 Å². The molecular formula is C45H60O7. The van der Waals surface area contributed by atoms with Gasteiger partial charge in [-0.1, -0.05) is 75.4 Å². The fraction of sp³-hybridized carbons (Fsp3) is 0.644. The number of rotatable bonds is 10. The first-order valence-electron chi connectivity index (χ1n) is 19.8. The smallest absolute Gasteiger partial charge is 0.311 e. The molecule has 0 N–H and O–H groups in total. The first-order valence-corrected chi connectivity index (χ1v) is 19.8. The second-order valence-corrected chi connectivity index (χ2v) is 18.2. The highest BCUT2D eigenvalue weighted by Gasteiger charge is 2.63. The Bertz CT molecular complexity index is 1610. The Balaban J connectivity index is 1.09. The Morgan fingerprint density at radius 2 is 1.44 bits per heavy atom. The number of ether oxygens (including phenoxy) is 3. The van der Waals surface area contributed by atoms with Crippen LogP contribution in [-0.2, 0) is 35.0 Å². The van der Waals surface area contributed by atoms with Crippen LogP contribution < -0.4 is 0 Å². The molecule has 4 aliphatic rings. The molecule has 0 heterocycles. The predicted octanol–water partition coefficient (Wildman–Crippen LogP) is 9.19. The third kappa shape index (κ3) is 7.75. The average Bonchev–Trinajstić information content (AvgIpc) is 3.46. The molecule has 7 heteroatoms. The Hall–Kier alpha value is -3.48. The molecule has 0 radical (unpaired) electrons. The summed E-state index contributed by atoms with van der Waals surface area (Å²) < 4.78 is 18.0. The predicted molar refractivity (Wildman–Crippen MR) is 200 cm³/mol. The van der Waals surface area contributed by atoms with Crippen molar-refractivity contribution in [2.24, 2.45) is 51.8 Å². The Kier molecular flexibility index (Phi) is 11.1. The maximum absolute atomic E-state index is 13.2. The molecule has 52 heavy (non-hydrogen) atoms. The molecule has 4 aliphatic carbocycles. The SMILES string of the molecule is CC(=O)O[C@H]1C[C@@H]2[C@H](CC[C@]3(C)[C@@H]([C@H](C)CCOC(=O)C(C)(C)C)CC[C@@H]23)[C@@]2(C)CC[C@@H](OC(=O)Cc3ccc(C(=O)c4ccccc4)cc3)C[C@H]12. The minimum Gasteiger partial charge on any atom is -0.465 e. The summed E-state index contributed by atoms with van der Waals surface area (Å²) in [5.74, 6) is 2.15. The lowest BCUT2D eigenvalue weighted by molar-refractivity contribution is -0.197. The number of benzene rings is 2. The monoisotopic (exact) mass is 712 g/mol. The summed E-state index contributed by atoms with van der Waals surface area (Å²) >= 11 is 0. The van der Waals surface area contributed by atoms with Gasteiger partial charge in [-0.3, -0.25) is 19.2 Å². The molecule has 0 unspecified atom stereocenters. The van der Waals surface area contributed by atoms with E-state index in [1.54, 1.807) is 24.3 Å². The second kappa shape index (κ2) is 15.1. The molecule has 10 atom stereocenters. The van der Waals surface area contributed by atoms with Gasteiger partial charge in [0.05, 0.1) is 18.4 Å². The van der Waals surface area contributed by atoms with Gasteiger partial charge in [-0.25, -0.2) is 0 Å². The van der Waals surface area contributed by atoms with E-state index in [0.717, 1.165) is 31.2 Å². The highest BCUT2D eigenvalue weighted by atomic mass is 16.6. The maximum Gasteiger partial charge on any atom is 0.311 e. The Morgan fingerprint density at radius 1 is 0.788 bits per heavy atom. The zero-order valence-electron chi connectivity index (χ0n) is 32.5. The fourth-order valence-electron chi connectivity index (χ4n) is 11.3. The van der Waals surface area contributed by atoms with Gasteiger partial charge in [-0.05, 0) is 125 Å². The summed E-state index contributed by atoms with van der Waals surface area (Å²) in [6.07, 6.45) is 8.76. The number of carbonyl (C=O) groups is 4. The van der Waals surface area contributed by atoms with Crippen LogP contribution in [0.4, 0.5) is 0 Å². The van der Waals surface area contributed by atoms with Crippen molar-refractivity contribution < 1.29 is 33.4 Å². The van der Waals surface area contributed by atoms with Gasteiger partial charge >= 0.3 is 17.9 Å². The van der Waals surface area contributed by atoms with Gasteiger partial charge in [0, 0.05) is 24.0 Å². The van der Waals surface area contributed by atoms with Crippen LogP contribution >= 0.6 is 0 Å². The fourth-order valence-corrected chi connectivity index (χ4v) is 11.3. The Morgan fingerprint density at radius 3 is 2.12 bits per heavy atom. The van der Waals surface area contributed by atoms with E-state index in [1.165, 1.54) is 32.6 Å². The zero-order valence-corrected chi connectivity index (χ0v) is 32.5. The van der Waals surface area contributed by atoms with Crippen molar-refractivity contribution in [1.29, 1.82) is 0 Å². The standard InChI is InChI=1S/C45H60O7/c1-28(21-24-50-42(49)43(3,4)5)35-17-18-36-34-27-39(51-29(2)46)38-26-33(19-22-45(38,7)37(34)20-23-44(35,36)6)52-40(47)25-30-13-15-32(16-14-30)41(48)31-11-9-8-10-12-31/h8-16,28,33-39H,17-27H2,1-7H3/t28-,33-,34+,35-,36+,37+,38-,39+,44-,45-/m1/s1. The quantitative estimate of drug-likeness (QED) is 0.138. The minimum atomic E-state index is -0.486. The molecule has 2 aromatic rings. The van der Waals surface area contributed by atoms with Gasteiger partial charge in [0.25, 0.3) is 0 Å². The van der Waals surface area contributed by atoms with Gasteiger partial charge in [0.1, 0.15) is 12.2 Å². The summed E-state index contributed by atoms with van der Waals surface area (Å²) in [5.41, 5.74) is 1.79. The van der Waals surface area contributed by atoms with Gasteiger partial charge in [0.15, 0.2) is 5.78 Å². The molecule has 0 amide bonds. The van der Waals surface area contributed by atoms with Gasteiger partial charge in [-0.2, -0.15) is 0 Å². The largest absolute Gasteiger partial charge is 0.465 e. The first kappa shape index (κ1) is 38.3. The minimum absolute atomic E-state index is 0.0131. The highest BCUT2D eigenvalue weighted by Crippen LogP contribution is 2.68. The number of fused-ring (bicyclic) bond motifs is 5. The van der Waals surface area contributed by atoms with Crippen LogP contribution in [-0.4, -0.2) is 42.5 Å². The number of hydrogen-bond donors (Lipinski definition) is 0.